The molecule has 1 heterocycles. The van der Waals surface area contributed by atoms with Crippen LogP contribution in [0.5, 0.6) is 0 Å². The molecule has 2 rings (SSSR count). The van der Waals surface area contributed by atoms with Gasteiger partial charge in [-0.15, -0.1) is 0 Å². The Labute approximate surface area is 124 Å². The van der Waals surface area contributed by atoms with Gasteiger partial charge in [0, 0.05) is 17.6 Å². The fourth-order valence-electron chi connectivity index (χ4n) is 3.01. The molecule has 0 aromatic heterocycles. The number of halogens is 1. The third-order valence-electron chi connectivity index (χ3n) is 4.73. The summed E-state index contributed by atoms with van der Waals surface area (Å²) in [6.07, 6.45) is 3.38. The van der Waals surface area contributed by atoms with Gasteiger partial charge in [0.25, 0.3) is 0 Å². The molecular formula is C16H24BrNO. The van der Waals surface area contributed by atoms with Gasteiger partial charge in [0.2, 0.25) is 0 Å². The number of benzene rings is 1. The molecule has 1 atom stereocenters. The fourth-order valence-corrected chi connectivity index (χ4v) is 3.65. The van der Waals surface area contributed by atoms with Gasteiger partial charge in [0.15, 0.2) is 0 Å². The van der Waals surface area contributed by atoms with Crippen molar-refractivity contribution in [1.29, 1.82) is 0 Å². The minimum atomic E-state index is -0.408. The van der Waals surface area contributed by atoms with E-state index in [-0.39, 0.29) is 0 Å². The highest BCUT2D eigenvalue weighted by Gasteiger charge is 2.35. The highest BCUT2D eigenvalue weighted by molar-refractivity contribution is 9.10. The lowest BCUT2D eigenvalue weighted by atomic mass is 9.82. The first-order valence-corrected chi connectivity index (χ1v) is 8.03. The first-order valence-electron chi connectivity index (χ1n) is 7.24. The van der Waals surface area contributed by atoms with E-state index in [2.05, 4.69) is 40.7 Å². The van der Waals surface area contributed by atoms with E-state index in [1.54, 1.807) is 6.92 Å². The smallest absolute Gasteiger partial charge is 0.0762 e. The Morgan fingerprint density at radius 2 is 2.05 bits per heavy atom. The molecule has 19 heavy (non-hydrogen) atoms. The molecular weight excluding hydrogens is 302 g/mol. The van der Waals surface area contributed by atoms with Crippen LogP contribution in [0, 0.1) is 5.41 Å². The number of nitrogens with zero attached hydrogens (tertiary/aromatic N) is 1. The molecule has 1 fully saturated rings. The summed E-state index contributed by atoms with van der Waals surface area (Å²) < 4.78 is 1.09. The minimum absolute atomic E-state index is 0.408. The van der Waals surface area contributed by atoms with Crippen molar-refractivity contribution < 1.29 is 5.11 Å². The zero-order valence-electron chi connectivity index (χ0n) is 12.1. The largest absolute Gasteiger partial charge is 0.389 e. The summed E-state index contributed by atoms with van der Waals surface area (Å²) in [5, 5.41) is 9.63. The zero-order valence-corrected chi connectivity index (χ0v) is 13.7. The molecule has 1 unspecified atom stereocenters. The Balaban J connectivity index is 2.20. The van der Waals surface area contributed by atoms with Crippen molar-refractivity contribution in [3.63, 3.8) is 0 Å². The van der Waals surface area contributed by atoms with Crippen LogP contribution in [0.15, 0.2) is 22.7 Å². The van der Waals surface area contributed by atoms with E-state index in [9.17, 15) is 5.11 Å². The molecule has 2 nitrogen and oxygen atoms in total. The Morgan fingerprint density at radius 1 is 1.37 bits per heavy atom. The highest BCUT2D eigenvalue weighted by Crippen LogP contribution is 2.41. The Kier molecular flexibility index (Phi) is 4.57. The number of hydrogen-bond donors (Lipinski definition) is 1. The van der Waals surface area contributed by atoms with Gasteiger partial charge in [-0.05, 0) is 65.2 Å². The highest BCUT2D eigenvalue weighted by atomic mass is 79.9. The Hall–Kier alpha value is -0.540. The quantitative estimate of drug-likeness (QED) is 0.879. The van der Waals surface area contributed by atoms with Crippen LogP contribution in [0.2, 0.25) is 0 Å². The molecule has 3 heteroatoms. The zero-order chi connectivity index (χ0) is 14.0. The summed E-state index contributed by atoms with van der Waals surface area (Å²) in [4.78, 5) is 2.48. The van der Waals surface area contributed by atoms with Crippen molar-refractivity contribution in [2.75, 3.05) is 18.0 Å². The lowest BCUT2D eigenvalue weighted by Crippen LogP contribution is -2.26. The van der Waals surface area contributed by atoms with Gasteiger partial charge in [-0.3, -0.25) is 0 Å². The van der Waals surface area contributed by atoms with Crippen LogP contribution in [0.1, 0.15) is 51.7 Å². The molecule has 1 aromatic carbocycles. The van der Waals surface area contributed by atoms with Crippen LogP contribution in [0.4, 0.5) is 5.69 Å². The molecule has 1 aliphatic rings. The van der Waals surface area contributed by atoms with Gasteiger partial charge in [-0.2, -0.15) is 0 Å². The van der Waals surface area contributed by atoms with E-state index >= 15 is 0 Å². The molecule has 106 valence electrons. The summed E-state index contributed by atoms with van der Waals surface area (Å²) in [5.41, 5.74) is 2.71. The maximum atomic E-state index is 9.63. The average molecular weight is 326 g/mol. The van der Waals surface area contributed by atoms with E-state index in [1.165, 1.54) is 24.9 Å². The first-order chi connectivity index (χ1) is 9.01. The summed E-state index contributed by atoms with van der Waals surface area (Å²) >= 11 is 3.65. The van der Waals surface area contributed by atoms with Crippen molar-refractivity contribution in [2.45, 2.75) is 46.1 Å². The average Bonchev–Trinajstić information content (AvgIpc) is 2.83. The summed E-state index contributed by atoms with van der Waals surface area (Å²) in [6, 6.07) is 6.20. The van der Waals surface area contributed by atoms with Crippen LogP contribution < -0.4 is 4.90 Å². The number of rotatable bonds is 4. The lowest BCUT2D eigenvalue weighted by molar-refractivity contribution is 0.199. The van der Waals surface area contributed by atoms with Crippen molar-refractivity contribution in [3.8, 4) is 0 Å². The van der Waals surface area contributed by atoms with E-state index in [4.69, 9.17) is 0 Å². The number of aliphatic hydroxyl groups is 1. The minimum Gasteiger partial charge on any atom is -0.389 e. The van der Waals surface area contributed by atoms with Crippen molar-refractivity contribution >= 4 is 21.6 Å². The second kappa shape index (κ2) is 5.84. The fraction of sp³-hybridized carbons (Fsp3) is 0.625. The molecule has 0 saturated carbocycles. The van der Waals surface area contributed by atoms with Gasteiger partial charge >= 0.3 is 0 Å². The standard InChI is InChI=1S/C16H24BrNO/c1-4-16(5-2)8-9-18(11-16)15-7-6-13(12(3)19)10-14(15)17/h6-7,10,12,19H,4-5,8-9,11H2,1-3H3. The summed E-state index contributed by atoms with van der Waals surface area (Å²) in [7, 11) is 0. The molecule has 0 spiro atoms. The Bertz CT molecular complexity index is 440. The molecule has 0 radical (unpaired) electrons. The molecule has 1 saturated heterocycles. The SMILES string of the molecule is CCC1(CC)CCN(c2ccc(C(C)O)cc2Br)C1. The van der Waals surface area contributed by atoms with E-state index in [0.29, 0.717) is 5.41 Å². The summed E-state index contributed by atoms with van der Waals surface area (Å²) in [6.45, 7) is 8.69. The predicted molar refractivity (Wildman–Crippen MR) is 84.6 cm³/mol. The maximum Gasteiger partial charge on any atom is 0.0762 e. The molecule has 1 N–H and O–H groups in total. The molecule has 1 aromatic rings. The van der Waals surface area contributed by atoms with Gasteiger partial charge in [-0.25, -0.2) is 0 Å². The van der Waals surface area contributed by atoms with E-state index in [0.717, 1.165) is 23.1 Å². The molecule has 0 aliphatic carbocycles. The summed E-state index contributed by atoms with van der Waals surface area (Å²) in [5.74, 6) is 0. The van der Waals surface area contributed by atoms with Gasteiger partial charge in [0.1, 0.15) is 0 Å². The second-order valence-corrected chi connectivity index (χ2v) is 6.62. The van der Waals surface area contributed by atoms with Crippen LogP contribution in [0.3, 0.4) is 0 Å². The van der Waals surface area contributed by atoms with Crippen molar-refractivity contribution in [1.82, 2.24) is 0 Å². The van der Waals surface area contributed by atoms with Gasteiger partial charge < -0.3 is 10.0 Å². The van der Waals surface area contributed by atoms with Crippen molar-refractivity contribution in [3.05, 3.63) is 28.2 Å². The predicted octanol–water partition coefficient (Wildman–Crippen LogP) is 4.52. The molecule has 0 amide bonds. The van der Waals surface area contributed by atoms with Gasteiger partial charge in [0.05, 0.1) is 11.8 Å². The van der Waals surface area contributed by atoms with Crippen LogP contribution >= 0.6 is 15.9 Å². The monoisotopic (exact) mass is 325 g/mol. The first kappa shape index (κ1) is 14.9. The number of anilines is 1. The van der Waals surface area contributed by atoms with Crippen LogP contribution in [0.25, 0.3) is 0 Å². The maximum absolute atomic E-state index is 9.63. The molecule has 0 bridgehead atoms. The molecule has 1 aliphatic heterocycles. The van der Waals surface area contributed by atoms with Crippen molar-refractivity contribution in [2.24, 2.45) is 5.41 Å². The van der Waals surface area contributed by atoms with E-state index in [1.807, 2.05) is 12.1 Å². The number of hydrogen-bond acceptors (Lipinski definition) is 2. The van der Waals surface area contributed by atoms with Gasteiger partial charge in [-0.1, -0.05) is 19.9 Å². The third-order valence-corrected chi connectivity index (χ3v) is 5.37. The van der Waals surface area contributed by atoms with Crippen LogP contribution in [-0.4, -0.2) is 18.2 Å². The lowest BCUT2D eigenvalue weighted by Gasteiger charge is -2.28. The Morgan fingerprint density at radius 3 is 2.53 bits per heavy atom. The second-order valence-electron chi connectivity index (χ2n) is 5.77. The normalized spacial score (nSPS) is 19.7. The number of aliphatic hydroxyl groups excluding tert-OH is 1. The third kappa shape index (κ3) is 2.97. The topological polar surface area (TPSA) is 23.5 Å². The van der Waals surface area contributed by atoms with Crippen LogP contribution in [-0.2, 0) is 0 Å². The van der Waals surface area contributed by atoms with E-state index < -0.39 is 6.10 Å².